The number of benzene rings is 2. The van der Waals surface area contributed by atoms with Crippen molar-refractivity contribution in [2.24, 2.45) is 0 Å². The second-order valence-electron chi connectivity index (χ2n) is 6.25. The first-order chi connectivity index (χ1) is 12.8. The maximum absolute atomic E-state index is 14.1. The van der Waals surface area contributed by atoms with E-state index in [1.54, 1.807) is 6.92 Å². The van der Waals surface area contributed by atoms with E-state index in [2.05, 4.69) is 10.0 Å². The van der Waals surface area contributed by atoms with Gasteiger partial charge in [-0.1, -0.05) is 0 Å². The van der Waals surface area contributed by atoms with E-state index in [1.165, 1.54) is 24.3 Å². The van der Waals surface area contributed by atoms with Gasteiger partial charge in [-0.2, -0.15) is 0 Å². The molecular formula is C18H18F2N2O4S. The molecule has 0 radical (unpaired) electrons. The molecule has 1 amide bonds. The molecule has 2 N–H and O–H groups in total. The quantitative estimate of drug-likeness (QED) is 0.814. The number of rotatable bonds is 5. The van der Waals surface area contributed by atoms with Crippen LogP contribution in [-0.4, -0.2) is 33.6 Å². The third-order valence-corrected chi connectivity index (χ3v) is 5.69. The van der Waals surface area contributed by atoms with E-state index in [9.17, 15) is 22.0 Å². The van der Waals surface area contributed by atoms with Gasteiger partial charge in [0, 0.05) is 23.9 Å². The van der Waals surface area contributed by atoms with E-state index >= 15 is 0 Å². The molecule has 9 heteroatoms. The highest BCUT2D eigenvalue weighted by Crippen LogP contribution is 2.20. The van der Waals surface area contributed by atoms with E-state index < -0.39 is 38.5 Å². The molecule has 0 bridgehead atoms. The van der Waals surface area contributed by atoms with Gasteiger partial charge in [0.25, 0.3) is 5.91 Å². The van der Waals surface area contributed by atoms with Crippen molar-refractivity contribution in [1.29, 1.82) is 0 Å². The molecule has 6 nitrogen and oxygen atoms in total. The summed E-state index contributed by atoms with van der Waals surface area (Å²) in [4.78, 5) is 11.8. The molecule has 1 atom stereocenters. The zero-order valence-corrected chi connectivity index (χ0v) is 15.3. The van der Waals surface area contributed by atoms with Gasteiger partial charge in [0.15, 0.2) is 0 Å². The molecule has 1 aliphatic rings. The molecule has 0 aliphatic carbocycles. The number of ether oxygens (including phenoxy) is 1. The lowest BCUT2D eigenvalue weighted by molar-refractivity contribution is 0.102. The summed E-state index contributed by atoms with van der Waals surface area (Å²) in [6.45, 7) is 2.19. The fourth-order valence-corrected chi connectivity index (χ4v) is 4.05. The van der Waals surface area contributed by atoms with Gasteiger partial charge in [-0.3, -0.25) is 4.79 Å². The average molecular weight is 396 g/mol. The van der Waals surface area contributed by atoms with Crippen molar-refractivity contribution < 1.29 is 26.7 Å². The molecule has 1 aliphatic heterocycles. The highest BCUT2D eigenvalue weighted by Gasteiger charge is 2.26. The number of anilines is 1. The largest absolute Gasteiger partial charge is 0.380 e. The maximum atomic E-state index is 14.1. The van der Waals surface area contributed by atoms with Crippen LogP contribution in [0, 0.1) is 18.6 Å². The lowest BCUT2D eigenvalue weighted by Crippen LogP contribution is -2.35. The second kappa shape index (κ2) is 7.71. The minimum absolute atomic E-state index is 0.0403. The summed E-state index contributed by atoms with van der Waals surface area (Å²) in [5, 5.41) is 2.53. The molecule has 2 aromatic carbocycles. The summed E-state index contributed by atoms with van der Waals surface area (Å²) in [6.07, 6.45) is 0.491. The number of carbonyl (C=O) groups excluding carboxylic acids is 1. The zero-order valence-electron chi connectivity index (χ0n) is 14.5. The highest BCUT2D eigenvalue weighted by atomic mass is 32.2. The smallest absolute Gasteiger partial charge is 0.255 e. The van der Waals surface area contributed by atoms with Crippen molar-refractivity contribution in [3.63, 3.8) is 0 Å². The Bertz CT molecular complexity index is 973. The van der Waals surface area contributed by atoms with Crippen molar-refractivity contribution in [2.45, 2.75) is 24.3 Å². The van der Waals surface area contributed by atoms with Crippen LogP contribution >= 0.6 is 0 Å². The minimum atomic E-state index is -4.15. The predicted molar refractivity (Wildman–Crippen MR) is 95.0 cm³/mol. The Morgan fingerprint density at radius 1 is 1.15 bits per heavy atom. The number of hydrogen-bond acceptors (Lipinski definition) is 4. The molecule has 3 rings (SSSR count). The van der Waals surface area contributed by atoms with E-state index in [1.807, 2.05) is 0 Å². The Morgan fingerprint density at radius 2 is 1.89 bits per heavy atom. The number of aryl methyl sites for hydroxylation is 1. The Morgan fingerprint density at radius 3 is 2.56 bits per heavy atom. The standard InChI is InChI=1S/C18H18F2N2O4S/c1-11-8-13(3-5-15(11)19)21-18(23)12-2-4-16(20)17(9-12)27(24,25)22-14-6-7-26-10-14/h2-5,8-9,14,22H,6-7,10H2,1H3,(H,21,23)/t14-/m0/s1. The summed E-state index contributed by atoms with van der Waals surface area (Å²) in [6, 6.07) is 6.66. The van der Waals surface area contributed by atoms with Gasteiger partial charge in [-0.25, -0.2) is 21.9 Å². The monoisotopic (exact) mass is 396 g/mol. The SMILES string of the molecule is Cc1cc(NC(=O)c2ccc(F)c(S(=O)(=O)N[C@H]3CCOC3)c2)ccc1F. The first-order valence-electron chi connectivity index (χ1n) is 8.23. The van der Waals surface area contributed by atoms with Crippen LogP contribution < -0.4 is 10.0 Å². The van der Waals surface area contributed by atoms with Crippen molar-refractivity contribution >= 4 is 21.6 Å². The normalized spacial score (nSPS) is 17.1. The Kier molecular flexibility index (Phi) is 5.54. The highest BCUT2D eigenvalue weighted by molar-refractivity contribution is 7.89. The Balaban J connectivity index is 1.83. The number of sulfonamides is 1. The summed E-state index contributed by atoms with van der Waals surface area (Å²) in [5.41, 5.74) is 0.647. The van der Waals surface area contributed by atoms with Crippen LogP contribution in [0.25, 0.3) is 0 Å². The van der Waals surface area contributed by atoms with Gasteiger partial charge in [-0.05, 0) is 55.3 Å². The molecule has 2 aromatic rings. The number of hydrogen-bond donors (Lipinski definition) is 2. The molecule has 1 saturated heterocycles. The van der Waals surface area contributed by atoms with Gasteiger partial charge in [0.1, 0.15) is 16.5 Å². The first-order valence-corrected chi connectivity index (χ1v) is 9.72. The van der Waals surface area contributed by atoms with Crippen LogP contribution in [0.4, 0.5) is 14.5 Å². The fraction of sp³-hybridized carbons (Fsp3) is 0.278. The van der Waals surface area contributed by atoms with E-state index in [0.717, 1.165) is 12.1 Å². The number of halogens is 2. The molecule has 1 fully saturated rings. The number of nitrogens with one attached hydrogen (secondary N) is 2. The van der Waals surface area contributed by atoms with Gasteiger partial charge in [0.2, 0.25) is 10.0 Å². The third kappa shape index (κ3) is 4.49. The van der Waals surface area contributed by atoms with Crippen molar-refractivity contribution in [3.8, 4) is 0 Å². The van der Waals surface area contributed by atoms with Crippen LogP contribution in [-0.2, 0) is 14.8 Å². The maximum Gasteiger partial charge on any atom is 0.255 e. The second-order valence-corrected chi connectivity index (χ2v) is 7.93. The van der Waals surface area contributed by atoms with Gasteiger partial charge in [0.05, 0.1) is 6.61 Å². The Labute approximate surface area is 155 Å². The molecular weight excluding hydrogens is 378 g/mol. The van der Waals surface area contributed by atoms with Crippen molar-refractivity contribution in [2.75, 3.05) is 18.5 Å². The lowest BCUT2D eigenvalue weighted by atomic mass is 10.2. The van der Waals surface area contributed by atoms with Crippen molar-refractivity contribution in [1.82, 2.24) is 4.72 Å². The van der Waals surface area contributed by atoms with Crippen LogP contribution in [0.3, 0.4) is 0 Å². The third-order valence-electron chi connectivity index (χ3n) is 4.15. The van der Waals surface area contributed by atoms with Crippen LogP contribution in [0.2, 0.25) is 0 Å². The summed E-state index contributed by atoms with van der Waals surface area (Å²) >= 11 is 0. The summed E-state index contributed by atoms with van der Waals surface area (Å²) in [5.74, 6) is -2.01. The molecule has 27 heavy (non-hydrogen) atoms. The summed E-state index contributed by atoms with van der Waals surface area (Å²) < 4.78 is 59.8. The summed E-state index contributed by atoms with van der Waals surface area (Å²) in [7, 11) is -4.15. The molecule has 0 unspecified atom stereocenters. The van der Waals surface area contributed by atoms with Crippen LogP contribution in [0.15, 0.2) is 41.3 Å². The number of amides is 1. The predicted octanol–water partition coefficient (Wildman–Crippen LogP) is 2.59. The molecule has 144 valence electrons. The lowest BCUT2D eigenvalue weighted by Gasteiger charge is -2.13. The van der Waals surface area contributed by atoms with E-state index in [-0.39, 0.29) is 12.2 Å². The first kappa shape index (κ1) is 19.4. The fourth-order valence-electron chi connectivity index (χ4n) is 2.69. The van der Waals surface area contributed by atoms with Crippen molar-refractivity contribution in [3.05, 3.63) is 59.2 Å². The zero-order chi connectivity index (χ0) is 19.6. The minimum Gasteiger partial charge on any atom is -0.380 e. The van der Waals surface area contributed by atoms with Crippen LogP contribution in [0.5, 0.6) is 0 Å². The topological polar surface area (TPSA) is 84.5 Å². The average Bonchev–Trinajstić information content (AvgIpc) is 3.10. The number of carbonyl (C=O) groups is 1. The van der Waals surface area contributed by atoms with Gasteiger partial charge >= 0.3 is 0 Å². The van der Waals surface area contributed by atoms with Crippen LogP contribution in [0.1, 0.15) is 22.3 Å². The molecule has 1 heterocycles. The Hall–Kier alpha value is -2.36. The molecule has 0 spiro atoms. The van der Waals surface area contributed by atoms with Gasteiger partial charge < -0.3 is 10.1 Å². The molecule has 0 saturated carbocycles. The molecule has 0 aromatic heterocycles. The van der Waals surface area contributed by atoms with E-state index in [4.69, 9.17) is 4.74 Å². The van der Waals surface area contributed by atoms with Gasteiger partial charge in [-0.15, -0.1) is 0 Å². The van der Waals surface area contributed by atoms with E-state index in [0.29, 0.717) is 24.3 Å².